The zero-order chi connectivity index (χ0) is 6.57. The Bertz CT molecular complexity index is 83.4. The minimum Gasteiger partial charge on any atom is -0.480 e. The number of alkyl halides is 1. The number of carboxylic acids is 1. The van der Waals surface area contributed by atoms with Gasteiger partial charge in [-0.1, -0.05) is 15.9 Å². The maximum atomic E-state index is 9.93. The highest BCUT2D eigenvalue weighted by atomic mass is 79.9. The zero-order valence-electron chi connectivity index (χ0n) is 4.17. The third-order valence-corrected chi connectivity index (χ3v) is 1.50. The molecule has 2 N–H and O–H groups in total. The van der Waals surface area contributed by atoms with Gasteiger partial charge in [-0.05, 0) is 6.42 Å². The second-order valence-electron chi connectivity index (χ2n) is 1.32. The van der Waals surface area contributed by atoms with Gasteiger partial charge in [-0.25, -0.2) is 0 Å². The minimum atomic E-state index is -0.931. The SMILES string of the molecule is O=C(O)C(Br)CCO. The predicted octanol–water partition coefficient (Wildman–Crippen LogP) is 0.217. The summed E-state index contributed by atoms with van der Waals surface area (Å²) in [4.78, 5) is 9.33. The van der Waals surface area contributed by atoms with E-state index in [2.05, 4.69) is 15.9 Å². The molecule has 0 saturated heterocycles. The van der Waals surface area contributed by atoms with Crippen molar-refractivity contribution in [3.8, 4) is 0 Å². The van der Waals surface area contributed by atoms with Crippen molar-refractivity contribution < 1.29 is 15.0 Å². The Morgan fingerprint density at radius 1 is 1.75 bits per heavy atom. The van der Waals surface area contributed by atoms with Gasteiger partial charge in [0.1, 0.15) is 4.83 Å². The summed E-state index contributed by atoms with van der Waals surface area (Å²) in [7, 11) is 0. The van der Waals surface area contributed by atoms with Crippen molar-refractivity contribution in [1.82, 2.24) is 0 Å². The van der Waals surface area contributed by atoms with Crippen LogP contribution in [0.3, 0.4) is 0 Å². The molecule has 0 aliphatic rings. The molecule has 0 aromatic heterocycles. The molecule has 0 radical (unpaired) electrons. The molecule has 0 heterocycles. The van der Waals surface area contributed by atoms with Gasteiger partial charge >= 0.3 is 5.97 Å². The summed E-state index contributed by atoms with van der Waals surface area (Å²) in [5.74, 6) is -0.931. The highest BCUT2D eigenvalue weighted by Crippen LogP contribution is 2.02. The summed E-state index contributed by atoms with van der Waals surface area (Å²) >= 11 is 2.84. The van der Waals surface area contributed by atoms with Gasteiger partial charge in [-0.3, -0.25) is 4.79 Å². The van der Waals surface area contributed by atoms with E-state index in [4.69, 9.17) is 10.2 Å². The van der Waals surface area contributed by atoms with Crippen molar-refractivity contribution in [2.24, 2.45) is 0 Å². The van der Waals surface area contributed by atoms with E-state index >= 15 is 0 Å². The van der Waals surface area contributed by atoms with Crippen molar-refractivity contribution in [3.05, 3.63) is 0 Å². The lowest BCUT2D eigenvalue weighted by Gasteiger charge is -1.97. The monoisotopic (exact) mass is 182 g/mol. The average Bonchev–Trinajstić information content (AvgIpc) is 1.67. The predicted molar refractivity (Wildman–Crippen MR) is 32.1 cm³/mol. The van der Waals surface area contributed by atoms with E-state index in [-0.39, 0.29) is 13.0 Å². The fourth-order valence-electron chi connectivity index (χ4n) is 0.237. The van der Waals surface area contributed by atoms with Crippen molar-refractivity contribution in [2.75, 3.05) is 6.61 Å². The fourth-order valence-corrected chi connectivity index (χ4v) is 0.442. The van der Waals surface area contributed by atoms with Gasteiger partial charge in [0.15, 0.2) is 0 Å². The van der Waals surface area contributed by atoms with Crippen LogP contribution in [0.5, 0.6) is 0 Å². The standard InChI is InChI=1S/C4H7BrO3/c5-3(1-2-6)4(7)8/h3,6H,1-2H2,(H,7,8). The molecular weight excluding hydrogens is 176 g/mol. The molecule has 0 aliphatic heterocycles. The van der Waals surface area contributed by atoms with Gasteiger partial charge in [-0.2, -0.15) is 0 Å². The fraction of sp³-hybridized carbons (Fsp3) is 0.750. The number of halogens is 1. The summed E-state index contributed by atoms with van der Waals surface area (Å²) in [6.45, 7) is -0.0950. The average molecular weight is 183 g/mol. The van der Waals surface area contributed by atoms with E-state index in [1.54, 1.807) is 0 Å². The quantitative estimate of drug-likeness (QED) is 0.615. The molecule has 0 aromatic rings. The molecule has 48 valence electrons. The molecule has 0 fully saturated rings. The molecule has 1 unspecified atom stereocenters. The smallest absolute Gasteiger partial charge is 0.317 e. The van der Waals surface area contributed by atoms with Crippen molar-refractivity contribution >= 4 is 21.9 Å². The number of carbonyl (C=O) groups is 1. The van der Waals surface area contributed by atoms with E-state index in [0.717, 1.165) is 0 Å². The highest BCUT2D eigenvalue weighted by molar-refractivity contribution is 9.10. The number of hydrogen-bond donors (Lipinski definition) is 2. The molecule has 3 nitrogen and oxygen atoms in total. The van der Waals surface area contributed by atoms with Gasteiger partial charge in [-0.15, -0.1) is 0 Å². The molecule has 0 bridgehead atoms. The molecule has 0 aromatic carbocycles. The Hall–Kier alpha value is -0.0900. The topological polar surface area (TPSA) is 57.5 Å². The van der Waals surface area contributed by atoms with Crippen LogP contribution >= 0.6 is 15.9 Å². The summed E-state index contributed by atoms with van der Waals surface area (Å²) in [6, 6.07) is 0. The molecule has 0 aliphatic carbocycles. The van der Waals surface area contributed by atoms with Gasteiger partial charge in [0.25, 0.3) is 0 Å². The molecular formula is C4H7BrO3. The Labute approximate surface area is 55.5 Å². The lowest BCUT2D eigenvalue weighted by Crippen LogP contribution is -2.13. The number of aliphatic hydroxyl groups excluding tert-OH is 1. The van der Waals surface area contributed by atoms with Crippen LogP contribution in [0.25, 0.3) is 0 Å². The van der Waals surface area contributed by atoms with E-state index in [1.807, 2.05) is 0 Å². The summed E-state index contributed by atoms with van der Waals surface area (Å²) < 4.78 is 0. The summed E-state index contributed by atoms with van der Waals surface area (Å²) in [5.41, 5.74) is 0. The maximum absolute atomic E-state index is 9.93. The number of hydrogen-bond acceptors (Lipinski definition) is 2. The molecule has 0 amide bonds. The van der Waals surface area contributed by atoms with Crippen LogP contribution in [0.4, 0.5) is 0 Å². The molecule has 0 rings (SSSR count). The van der Waals surface area contributed by atoms with Gasteiger partial charge in [0.2, 0.25) is 0 Å². The zero-order valence-corrected chi connectivity index (χ0v) is 5.76. The second kappa shape index (κ2) is 3.86. The lowest BCUT2D eigenvalue weighted by atomic mass is 10.3. The van der Waals surface area contributed by atoms with E-state index < -0.39 is 10.8 Å². The van der Waals surface area contributed by atoms with Crippen LogP contribution in [0.15, 0.2) is 0 Å². The van der Waals surface area contributed by atoms with Gasteiger partial charge in [0, 0.05) is 6.61 Å². The van der Waals surface area contributed by atoms with Crippen molar-refractivity contribution in [1.29, 1.82) is 0 Å². The number of aliphatic hydroxyl groups is 1. The minimum absolute atomic E-state index is 0.0950. The van der Waals surface area contributed by atoms with Crippen LogP contribution in [-0.2, 0) is 4.79 Å². The third-order valence-electron chi connectivity index (χ3n) is 0.651. The Morgan fingerprint density at radius 2 is 2.25 bits per heavy atom. The first-order valence-electron chi connectivity index (χ1n) is 2.16. The number of aliphatic carboxylic acids is 1. The molecule has 8 heavy (non-hydrogen) atoms. The first-order chi connectivity index (χ1) is 3.68. The Kier molecular flexibility index (Phi) is 3.81. The Balaban J connectivity index is 3.32. The van der Waals surface area contributed by atoms with E-state index in [9.17, 15) is 4.79 Å². The van der Waals surface area contributed by atoms with Crippen molar-refractivity contribution in [3.63, 3.8) is 0 Å². The second-order valence-corrected chi connectivity index (χ2v) is 2.42. The normalized spacial score (nSPS) is 13.2. The number of rotatable bonds is 3. The van der Waals surface area contributed by atoms with Crippen LogP contribution < -0.4 is 0 Å². The third kappa shape index (κ3) is 2.98. The lowest BCUT2D eigenvalue weighted by molar-refractivity contribution is -0.136. The largest absolute Gasteiger partial charge is 0.480 e. The molecule has 4 heteroatoms. The maximum Gasteiger partial charge on any atom is 0.317 e. The van der Waals surface area contributed by atoms with E-state index in [0.29, 0.717) is 0 Å². The molecule has 1 atom stereocenters. The molecule has 0 spiro atoms. The van der Waals surface area contributed by atoms with Crippen LogP contribution in [0.1, 0.15) is 6.42 Å². The molecule has 0 saturated carbocycles. The number of carboxylic acid groups (broad SMARTS) is 1. The first kappa shape index (κ1) is 7.91. The van der Waals surface area contributed by atoms with Crippen LogP contribution in [0, 0.1) is 0 Å². The first-order valence-corrected chi connectivity index (χ1v) is 3.07. The summed E-state index contributed by atoms with van der Waals surface area (Å²) in [5, 5.41) is 16.3. The van der Waals surface area contributed by atoms with Gasteiger partial charge in [0.05, 0.1) is 0 Å². The van der Waals surface area contributed by atoms with Gasteiger partial charge < -0.3 is 10.2 Å². The highest BCUT2D eigenvalue weighted by Gasteiger charge is 2.10. The van der Waals surface area contributed by atoms with Crippen LogP contribution in [-0.4, -0.2) is 27.6 Å². The summed E-state index contributed by atoms with van der Waals surface area (Å²) in [6.07, 6.45) is 0.259. The van der Waals surface area contributed by atoms with Crippen LogP contribution in [0.2, 0.25) is 0 Å². The Morgan fingerprint density at radius 3 is 2.38 bits per heavy atom. The van der Waals surface area contributed by atoms with E-state index in [1.165, 1.54) is 0 Å². The van der Waals surface area contributed by atoms with Crippen molar-refractivity contribution in [2.45, 2.75) is 11.2 Å².